The molecule has 1 aliphatic rings. The van der Waals surface area contributed by atoms with Crippen molar-refractivity contribution in [2.45, 2.75) is 19.6 Å². The molecule has 0 amide bonds. The summed E-state index contributed by atoms with van der Waals surface area (Å²) < 4.78 is 8.59. The van der Waals surface area contributed by atoms with Crippen molar-refractivity contribution in [2.24, 2.45) is 7.05 Å². The Hall–Kier alpha value is -0.100. The fourth-order valence-corrected chi connectivity index (χ4v) is 2.73. The Balaban J connectivity index is 2.05. The lowest BCUT2D eigenvalue weighted by molar-refractivity contribution is -0.0201. The van der Waals surface area contributed by atoms with Crippen LogP contribution in [0.15, 0.2) is 4.47 Å². The smallest absolute Gasteiger partial charge is 0.0837 e. The maximum Gasteiger partial charge on any atom is 0.0837 e. The number of hydrogen-bond acceptors (Lipinski definition) is 3. The normalized spacial score (nSPS) is 22.0. The van der Waals surface area contributed by atoms with Gasteiger partial charge < -0.3 is 4.74 Å². The molecule has 17 heavy (non-hydrogen) atoms. The van der Waals surface area contributed by atoms with E-state index >= 15 is 0 Å². The molecular weight excluding hydrogens is 305 g/mol. The molecule has 0 radical (unpaired) electrons. The van der Waals surface area contributed by atoms with Gasteiger partial charge >= 0.3 is 0 Å². The van der Waals surface area contributed by atoms with E-state index in [1.54, 1.807) is 0 Å². The van der Waals surface area contributed by atoms with Crippen LogP contribution in [0.4, 0.5) is 0 Å². The van der Waals surface area contributed by atoms with Gasteiger partial charge in [-0.1, -0.05) is 0 Å². The average Bonchev–Trinajstić information content (AvgIpc) is 2.56. The number of halogens is 2. The predicted octanol–water partition coefficient (Wildman–Crippen LogP) is 1.93. The van der Waals surface area contributed by atoms with Crippen molar-refractivity contribution in [1.29, 1.82) is 0 Å². The fourth-order valence-electron chi connectivity index (χ4n) is 2.08. The molecular formula is C11H17BrClN3O. The summed E-state index contributed by atoms with van der Waals surface area (Å²) in [6.45, 7) is 5.49. The fraction of sp³-hybridized carbons (Fsp3) is 0.727. The van der Waals surface area contributed by atoms with Crippen molar-refractivity contribution in [1.82, 2.24) is 14.7 Å². The van der Waals surface area contributed by atoms with Crippen molar-refractivity contribution in [2.75, 3.05) is 25.6 Å². The molecule has 1 fully saturated rings. The lowest BCUT2D eigenvalue weighted by Gasteiger charge is -2.31. The van der Waals surface area contributed by atoms with Crippen molar-refractivity contribution >= 4 is 27.5 Å². The first-order chi connectivity index (χ1) is 8.11. The number of nitrogens with zero attached hydrogens (tertiary/aromatic N) is 3. The Bertz CT molecular complexity index is 396. The van der Waals surface area contributed by atoms with Crippen LogP contribution in [0.2, 0.25) is 0 Å². The van der Waals surface area contributed by atoms with Crippen LogP contribution in [0.25, 0.3) is 0 Å². The van der Waals surface area contributed by atoms with E-state index in [4.69, 9.17) is 16.3 Å². The van der Waals surface area contributed by atoms with Crippen LogP contribution < -0.4 is 0 Å². The van der Waals surface area contributed by atoms with Crippen LogP contribution in [0, 0.1) is 6.92 Å². The largest absolute Gasteiger partial charge is 0.374 e. The number of morpholine rings is 1. The second-order valence-corrected chi connectivity index (χ2v) is 5.45. The van der Waals surface area contributed by atoms with Crippen molar-refractivity contribution in [3.05, 3.63) is 15.9 Å². The van der Waals surface area contributed by atoms with E-state index in [-0.39, 0.29) is 6.10 Å². The highest BCUT2D eigenvalue weighted by molar-refractivity contribution is 9.10. The van der Waals surface area contributed by atoms with Gasteiger partial charge in [-0.05, 0) is 22.9 Å². The van der Waals surface area contributed by atoms with E-state index in [9.17, 15) is 0 Å². The number of aromatic nitrogens is 2. The topological polar surface area (TPSA) is 30.3 Å². The number of ether oxygens (including phenoxy) is 1. The molecule has 6 heteroatoms. The van der Waals surface area contributed by atoms with E-state index in [2.05, 4.69) is 25.9 Å². The standard InChI is InChI=1S/C11H17BrClN3O/c1-8-11(12)10(15(2)14-8)7-16-3-4-17-9(5-13)6-16/h9H,3-7H2,1-2H3. The molecule has 1 aromatic rings. The molecule has 0 aliphatic carbocycles. The lowest BCUT2D eigenvalue weighted by atomic mass is 10.2. The molecule has 96 valence electrons. The molecule has 0 spiro atoms. The number of hydrogen-bond donors (Lipinski definition) is 0. The summed E-state index contributed by atoms with van der Waals surface area (Å²) >= 11 is 9.43. The Morgan fingerprint density at radius 2 is 2.35 bits per heavy atom. The van der Waals surface area contributed by atoms with Crippen LogP contribution in [0.5, 0.6) is 0 Å². The zero-order valence-electron chi connectivity index (χ0n) is 10.1. The molecule has 1 atom stereocenters. The second kappa shape index (κ2) is 5.69. The summed E-state index contributed by atoms with van der Waals surface area (Å²) in [7, 11) is 1.98. The van der Waals surface area contributed by atoms with Crippen LogP contribution in [-0.4, -0.2) is 46.4 Å². The maximum absolute atomic E-state index is 5.84. The van der Waals surface area contributed by atoms with Gasteiger partial charge in [-0.3, -0.25) is 9.58 Å². The highest BCUT2D eigenvalue weighted by Gasteiger charge is 2.22. The molecule has 1 saturated heterocycles. The first kappa shape index (κ1) is 13.3. The minimum atomic E-state index is 0.151. The molecule has 1 unspecified atom stereocenters. The minimum absolute atomic E-state index is 0.151. The van der Waals surface area contributed by atoms with Gasteiger partial charge in [0.2, 0.25) is 0 Å². The van der Waals surface area contributed by atoms with Crippen molar-refractivity contribution in [3.63, 3.8) is 0 Å². The van der Waals surface area contributed by atoms with Crippen LogP contribution in [0.3, 0.4) is 0 Å². The Labute approximate surface area is 115 Å². The third kappa shape index (κ3) is 3.02. The Morgan fingerprint density at radius 1 is 1.59 bits per heavy atom. The minimum Gasteiger partial charge on any atom is -0.374 e. The van der Waals surface area contributed by atoms with Crippen LogP contribution >= 0.6 is 27.5 Å². The molecule has 0 saturated carbocycles. The van der Waals surface area contributed by atoms with Crippen LogP contribution in [-0.2, 0) is 18.3 Å². The molecule has 0 aromatic carbocycles. The molecule has 0 bridgehead atoms. The molecule has 2 heterocycles. The lowest BCUT2D eigenvalue weighted by Crippen LogP contribution is -2.43. The third-order valence-electron chi connectivity index (χ3n) is 3.03. The first-order valence-corrected chi connectivity index (χ1v) is 7.02. The maximum atomic E-state index is 5.84. The van der Waals surface area contributed by atoms with Gasteiger partial charge in [0.05, 0.1) is 28.6 Å². The monoisotopic (exact) mass is 321 g/mol. The quantitative estimate of drug-likeness (QED) is 0.797. The van der Waals surface area contributed by atoms with E-state index in [0.717, 1.165) is 36.4 Å². The Morgan fingerprint density at radius 3 is 2.94 bits per heavy atom. The van der Waals surface area contributed by atoms with Gasteiger partial charge in [-0.25, -0.2) is 0 Å². The highest BCUT2D eigenvalue weighted by atomic mass is 79.9. The van der Waals surface area contributed by atoms with Gasteiger partial charge in [-0.2, -0.15) is 5.10 Å². The van der Waals surface area contributed by atoms with Gasteiger partial charge in [0.1, 0.15) is 0 Å². The van der Waals surface area contributed by atoms with Crippen LogP contribution in [0.1, 0.15) is 11.4 Å². The van der Waals surface area contributed by atoms with E-state index in [1.165, 1.54) is 5.69 Å². The van der Waals surface area contributed by atoms with E-state index < -0.39 is 0 Å². The third-order valence-corrected chi connectivity index (χ3v) is 4.41. The summed E-state index contributed by atoms with van der Waals surface area (Å²) in [5, 5.41) is 4.40. The first-order valence-electron chi connectivity index (χ1n) is 5.69. The summed E-state index contributed by atoms with van der Waals surface area (Å²) in [5.41, 5.74) is 2.24. The van der Waals surface area contributed by atoms with Gasteiger partial charge in [-0.15, -0.1) is 11.6 Å². The molecule has 1 aliphatic heterocycles. The number of alkyl halides is 1. The summed E-state index contributed by atoms with van der Waals surface area (Å²) in [5.74, 6) is 0.558. The summed E-state index contributed by atoms with van der Waals surface area (Å²) in [6.07, 6.45) is 0.151. The van der Waals surface area contributed by atoms with E-state index in [1.807, 2.05) is 18.7 Å². The molecule has 0 N–H and O–H groups in total. The SMILES string of the molecule is Cc1nn(C)c(CN2CCOC(CCl)C2)c1Br. The molecule has 1 aromatic heterocycles. The zero-order chi connectivity index (χ0) is 12.4. The average molecular weight is 323 g/mol. The zero-order valence-corrected chi connectivity index (χ0v) is 12.5. The van der Waals surface area contributed by atoms with Gasteiger partial charge in [0.25, 0.3) is 0 Å². The van der Waals surface area contributed by atoms with E-state index in [0.29, 0.717) is 5.88 Å². The summed E-state index contributed by atoms with van der Waals surface area (Å²) in [4.78, 5) is 2.36. The molecule has 4 nitrogen and oxygen atoms in total. The highest BCUT2D eigenvalue weighted by Crippen LogP contribution is 2.22. The number of rotatable bonds is 3. The van der Waals surface area contributed by atoms with Gasteiger partial charge in [0, 0.05) is 32.6 Å². The van der Waals surface area contributed by atoms with Crippen molar-refractivity contribution < 1.29 is 4.74 Å². The van der Waals surface area contributed by atoms with Crippen molar-refractivity contribution in [3.8, 4) is 0 Å². The predicted molar refractivity (Wildman–Crippen MR) is 71.4 cm³/mol. The summed E-state index contributed by atoms with van der Waals surface area (Å²) in [6, 6.07) is 0. The Kier molecular flexibility index (Phi) is 4.47. The molecule has 2 rings (SSSR count). The van der Waals surface area contributed by atoms with Gasteiger partial charge in [0.15, 0.2) is 0 Å². The second-order valence-electron chi connectivity index (χ2n) is 4.35. The number of aryl methyl sites for hydroxylation is 2.